The first-order chi connectivity index (χ1) is 16.3. The summed E-state index contributed by atoms with van der Waals surface area (Å²) in [5.41, 5.74) is 1.52. The molecule has 0 radical (unpaired) electrons. The minimum atomic E-state index is -0.894. The van der Waals surface area contributed by atoms with Gasteiger partial charge in [-0.2, -0.15) is 0 Å². The molecule has 188 valence electrons. The smallest absolute Gasteiger partial charge is 0.187 e. The number of halogens is 2. The zero-order valence-corrected chi connectivity index (χ0v) is 21.5. The van der Waals surface area contributed by atoms with Gasteiger partial charge < -0.3 is 5.11 Å². The molecule has 1 nitrogen and oxygen atoms in total. The molecular weight excluding hydrogens is 426 g/mol. The van der Waals surface area contributed by atoms with Gasteiger partial charge in [0, 0.05) is 0 Å². The first-order valence-electron chi connectivity index (χ1n) is 14.1. The van der Waals surface area contributed by atoms with Crippen LogP contribution < -0.4 is 0 Å². The van der Waals surface area contributed by atoms with Gasteiger partial charge in [0.15, 0.2) is 17.4 Å². The van der Waals surface area contributed by atoms with Crippen molar-refractivity contribution in [1.29, 1.82) is 0 Å². The molecule has 4 saturated carbocycles. The Hall–Kier alpha value is -1.38. The number of benzene rings is 1. The van der Waals surface area contributed by atoms with Crippen LogP contribution in [0.15, 0.2) is 18.2 Å². The van der Waals surface area contributed by atoms with Crippen LogP contribution in [0, 0.1) is 58.0 Å². The molecule has 3 heteroatoms. The molecule has 4 aliphatic rings. The van der Waals surface area contributed by atoms with Crippen molar-refractivity contribution in [3.05, 3.63) is 35.4 Å². The maximum atomic E-state index is 13.6. The molecule has 0 spiro atoms. The lowest BCUT2D eigenvalue weighted by atomic mass is 9.42. The number of fused-ring (bicyclic) bond motifs is 5. The van der Waals surface area contributed by atoms with Crippen molar-refractivity contribution >= 4 is 6.08 Å². The molecule has 0 bridgehead atoms. The molecule has 6 unspecified atom stereocenters. The van der Waals surface area contributed by atoms with Gasteiger partial charge in [-0.25, -0.2) is 8.78 Å². The van der Waals surface area contributed by atoms with Gasteiger partial charge in [0.1, 0.15) is 0 Å². The first-order valence-corrected chi connectivity index (χ1v) is 14.1. The third-order valence-corrected chi connectivity index (χ3v) is 11.5. The molecule has 5 rings (SSSR count). The second-order valence-corrected chi connectivity index (χ2v) is 12.8. The van der Waals surface area contributed by atoms with Gasteiger partial charge in [-0.3, -0.25) is 0 Å². The van der Waals surface area contributed by atoms with Crippen LogP contribution in [0.5, 0.6) is 5.75 Å². The van der Waals surface area contributed by atoms with E-state index >= 15 is 0 Å². The molecular formula is C31H44F2O. The highest BCUT2D eigenvalue weighted by Gasteiger charge is 2.60. The molecule has 1 N–H and O–H groups in total. The number of hydrogen-bond donors (Lipinski definition) is 1. The van der Waals surface area contributed by atoms with Crippen molar-refractivity contribution in [2.24, 2.45) is 46.3 Å². The number of rotatable bonds is 5. The van der Waals surface area contributed by atoms with Crippen molar-refractivity contribution in [3.63, 3.8) is 0 Å². The van der Waals surface area contributed by atoms with Crippen LogP contribution >= 0.6 is 0 Å². The van der Waals surface area contributed by atoms with E-state index < -0.39 is 17.4 Å². The Morgan fingerprint density at radius 1 is 0.941 bits per heavy atom. The lowest BCUT2D eigenvalue weighted by Crippen LogP contribution is -2.55. The highest BCUT2D eigenvalue weighted by molar-refractivity contribution is 5.51. The first kappa shape index (κ1) is 24.3. The fourth-order valence-electron chi connectivity index (χ4n) is 9.80. The summed E-state index contributed by atoms with van der Waals surface area (Å²) in [5, 5.41) is 9.30. The molecule has 0 aromatic heterocycles. The van der Waals surface area contributed by atoms with Gasteiger partial charge in [0.2, 0.25) is 0 Å². The summed E-state index contributed by atoms with van der Waals surface area (Å²) in [6.07, 6.45) is 20.2. The van der Waals surface area contributed by atoms with E-state index in [-0.39, 0.29) is 0 Å². The second kappa shape index (κ2) is 9.25. The lowest BCUT2D eigenvalue weighted by Gasteiger charge is -2.62. The zero-order valence-electron chi connectivity index (χ0n) is 21.5. The summed E-state index contributed by atoms with van der Waals surface area (Å²) in [6.45, 7) is 7.74. The van der Waals surface area contributed by atoms with E-state index in [0.717, 1.165) is 41.9 Å². The van der Waals surface area contributed by atoms with Crippen molar-refractivity contribution in [2.75, 3.05) is 0 Å². The Labute approximate surface area is 205 Å². The van der Waals surface area contributed by atoms with Crippen LogP contribution in [-0.2, 0) is 0 Å². The summed E-state index contributed by atoms with van der Waals surface area (Å²) >= 11 is 0. The summed E-state index contributed by atoms with van der Waals surface area (Å²) in [6, 6.07) is 2.41. The molecule has 0 amide bonds. The molecule has 1 aromatic carbocycles. The Morgan fingerprint density at radius 2 is 1.68 bits per heavy atom. The van der Waals surface area contributed by atoms with Gasteiger partial charge in [-0.15, -0.1) is 0 Å². The van der Waals surface area contributed by atoms with Crippen LogP contribution in [0.4, 0.5) is 8.78 Å². The van der Waals surface area contributed by atoms with Crippen LogP contribution in [0.1, 0.15) is 103 Å². The monoisotopic (exact) mass is 470 g/mol. The molecule has 0 aliphatic heterocycles. The summed E-state index contributed by atoms with van der Waals surface area (Å²) in [5.74, 6) is 2.73. The average molecular weight is 471 g/mol. The summed E-state index contributed by atoms with van der Waals surface area (Å²) < 4.78 is 27.3. The minimum absolute atomic E-state index is 0.460. The summed E-state index contributed by atoms with van der Waals surface area (Å²) in [7, 11) is 0. The SMILES string of the molecule is CC[C@H]1CC2C3CCC(CC/C=C/c4cc(F)c(O)c(F)c4)C3(C)CC[C@@H]2C2(C)CCCCC12. The van der Waals surface area contributed by atoms with Gasteiger partial charge >= 0.3 is 0 Å². The maximum absolute atomic E-state index is 13.6. The van der Waals surface area contributed by atoms with Crippen molar-refractivity contribution < 1.29 is 13.9 Å². The quantitative estimate of drug-likeness (QED) is 0.455. The largest absolute Gasteiger partial charge is 0.503 e. The lowest BCUT2D eigenvalue weighted by molar-refractivity contribution is -0.135. The molecule has 0 saturated heterocycles. The van der Waals surface area contributed by atoms with Crippen LogP contribution in [0.2, 0.25) is 0 Å². The van der Waals surface area contributed by atoms with Gasteiger partial charge in [-0.1, -0.05) is 52.2 Å². The fraction of sp³-hybridized carbons (Fsp3) is 0.742. The zero-order chi connectivity index (χ0) is 24.1. The highest BCUT2D eigenvalue weighted by Crippen LogP contribution is 2.69. The normalized spacial score (nSPS) is 41.8. The van der Waals surface area contributed by atoms with E-state index in [1.807, 2.05) is 0 Å². The van der Waals surface area contributed by atoms with E-state index in [1.54, 1.807) is 6.08 Å². The van der Waals surface area contributed by atoms with Crippen LogP contribution in [0.25, 0.3) is 6.08 Å². The van der Waals surface area contributed by atoms with E-state index in [1.165, 1.54) is 82.8 Å². The number of phenols is 1. The molecule has 4 aliphatic carbocycles. The topological polar surface area (TPSA) is 20.2 Å². The molecule has 0 heterocycles. The third kappa shape index (κ3) is 3.94. The minimum Gasteiger partial charge on any atom is -0.503 e. The van der Waals surface area contributed by atoms with Crippen LogP contribution in [-0.4, -0.2) is 5.11 Å². The highest BCUT2D eigenvalue weighted by atomic mass is 19.1. The van der Waals surface area contributed by atoms with E-state index in [2.05, 4.69) is 26.8 Å². The maximum Gasteiger partial charge on any atom is 0.187 e. The van der Waals surface area contributed by atoms with Crippen molar-refractivity contribution in [1.82, 2.24) is 0 Å². The Kier molecular flexibility index (Phi) is 6.61. The molecule has 34 heavy (non-hydrogen) atoms. The van der Waals surface area contributed by atoms with Gasteiger partial charge in [0.25, 0.3) is 0 Å². The Bertz CT molecular complexity index is 901. The average Bonchev–Trinajstić information content (AvgIpc) is 3.15. The van der Waals surface area contributed by atoms with Crippen LogP contribution in [0.3, 0.4) is 0 Å². The standard InChI is InChI=1S/C31H44F2O/c1-4-21-19-23-25-13-12-22(10-6-5-9-20-17-27(32)29(34)28(33)18-20)30(25,2)16-14-26(23)31(3)15-8-7-11-24(21)31/h5,9,17-18,21-26,34H,4,6-8,10-16,19H2,1-3H3/b9-5+/t21-,22?,23?,24?,25?,26-,30?,31?/m0/s1. The fourth-order valence-corrected chi connectivity index (χ4v) is 9.80. The van der Waals surface area contributed by atoms with Gasteiger partial charge in [0.05, 0.1) is 0 Å². The van der Waals surface area contributed by atoms with Crippen molar-refractivity contribution in [2.45, 2.75) is 97.8 Å². The van der Waals surface area contributed by atoms with E-state index in [9.17, 15) is 13.9 Å². The molecule has 4 fully saturated rings. The Balaban J connectivity index is 1.27. The van der Waals surface area contributed by atoms with Gasteiger partial charge in [-0.05, 0) is 122 Å². The van der Waals surface area contributed by atoms with Crippen molar-refractivity contribution in [3.8, 4) is 5.75 Å². The molecule has 8 atom stereocenters. The summed E-state index contributed by atoms with van der Waals surface area (Å²) in [4.78, 5) is 0. The van der Waals surface area contributed by atoms with E-state index in [4.69, 9.17) is 0 Å². The number of aromatic hydroxyl groups is 1. The number of hydrogen-bond acceptors (Lipinski definition) is 1. The predicted molar refractivity (Wildman–Crippen MR) is 135 cm³/mol. The predicted octanol–water partition coefficient (Wildman–Crippen LogP) is 9.15. The Morgan fingerprint density at radius 3 is 2.41 bits per heavy atom. The number of allylic oxidation sites excluding steroid dienone is 1. The number of phenolic OH excluding ortho intramolecular Hbond substituents is 1. The third-order valence-electron chi connectivity index (χ3n) is 11.5. The second-order valence-electron chi connectivity index (χ2n) is 12.8. The molecule has 1 aromatic rings. The van der Waals surface area contributed by atoms with E-state index in [0.29, 0.717) is 16.4 Å².